The van der Waals surface area contributed by atoms with Crippen molar-refractivity contribution in [3.05, 3.63) is 40.2 Å². The summed E-state index contributed by atoms with van der Waals surface area (Å²) in [4.78, 5) is 12.0. The van der Waals surface area contributed by atoms with Crippen molar-refractivity contribution in [3.8, 4) is 6.07 Å². The third-order valence-corrected chi connectivity index (χ3v) is 3.86. The zero-order chi connectivity index (χ0) is 13.0. The van der Waals surface area contributed by atoms with Gasteiger partial charge in [-0.15, -0.1) is 11.3 Å². The molecular weight excluding hydrogens is 270 g/mol. The summed E-state index contributed by atoms with van der Waals surface area (Å²) in [6, 6.07) is 9.48. The van der Waals surface area contributed by atoms with Crippen LogP contribution in [-0.2, 0) is 9.53 Å². The molecule has 2 aromatic rings. The first-order chi connectivity index (χ1) is 8.72. The van der Waals surface area contributed by atoms with E-state index in [-0.39, 0.29) is 6.61 Å². The van der Waals surface area contributed by atoms with E-state index in [1.807, 2.05) is 24.3 Å². The number of halogens is 1. The average molecular weight is 278 g/mol. The zero-order valence-corrected chi connectivity index (χ0v) is 10.8. The van der Waals surface area contributed by atoms with Crippen molar-refractivity contribution in [1.29, 1.82) is 5.26 Å². The van der Waals surface area contributed by atoms with Crippen LogP contribution in [0.4, 0.5) is 0 Å². The minimum absolute atomic E-state index is 0.247. The summed E-state index contributed by atoms with van der Waals surface area (Å²) in [6.45, 7) is -0.247. The molecule has 0 aliphatic carbocycles. The molecular formula is C13H8ClNO2S. The van der Waals surface area contributed by atoms with Gasteiger partial charge in [-0.25, -0.2) is 4.79 Å². The van der Waals surface area contributed by atoms with Gasteiger partial charge in [0.1, 0.15) is 6.07 Å². The fourth-order valence-electron chi connectivity index (χ4n) is 1.44. The first-order valence-corrected chi connectivity index (χ1v) is 6.30. The van der Waals surface area contributed by atoms with E-state index in [2.05, 4.69) is 4.74 Å². The van der Waals surface area contributed by atoms with Gasteiger partial charge in [-0.1, -0.05) is 29.8 Å². The zero-order valence-electron chi connectivity index (χ0n) is 9.22. The van der Waals surface area contributed by atoms with E-state index in [1.165, 1.54) is 17.4 Å². The third kappa shape index (κ3) is 2.70. The second kappa shape index (κ2) is 5.67. The highest BCUT2D eigenvalue weighted by atomic mass is 35.5. The number of hydrogen-bond donors (Lipinski definition) is 0. The Bertz CT molecular complexity index is 655. The molecule has 2 rings (SSSR count). The number of carbonyl (C=O) groups excluding carboxylic acids is 1. The molecule has 0 saturated carbocycles. The maximum Gasteiger partial charge on any atom is 0.331 e. The Morgan fingerprint density at radius 3 is 3.00 bits per heavy atom. The Balaban J connectivity index is 2.22. The molecule has 18 heavy (non-hydrogen) atoms. The lowest BCUT2D eigenvalue weighted by atomic mass is 10.2. The lowest BCUT2D eigenvalue weighted by Crippen LogP contribution is -1.99. The van der Waals surface area contributed by atoms with Crippen molar-refractivity contribution in [1.82, 2.24) is 0 Å². The molecule has 0 bridgehead atoms. The van der Waals surface area contributed by atoms with Crippen molar-refractivity contribution < 1.29 is 9.53 Å². The SMILES string of the molecule is N#CCOC(=O)/C=C/c1sc2ccccc2c1Cl. The van der Waals surface area contributed by atoms with Gasteiger partial charge < -0.3 is 4.74 Å². The lowest BCUT2D eigenvalue weighted by molar-refractivity contribution is -0.136. The summed E-state index contributed by atoms with van der Waals surface area (Å²) in [5.74, 6) is -0.551. The monoisotopic (exact) mass is 277 g/mol. The van der Waals surface area contributed by atoms with E-state index < -0.39 is 5.97 Å². The van der Waals surface area contributed by atoms with Gasteiger partial charge in [-0.2, -0.15) is 5.26 Å². The topological polar surface area (TPSA) is 50.1 Å². The fraction of sp³-hybridized carbons (Fsp3) is 0.0769. The highest BCUT2D eigenvalue weighted by molar-refractivity contribution is 7.20. The van der Waals surface area contributed by atoms with Crippen LogP contribution in [0.15, 0.2) is 30.3 Å². The van der Waals surface area contributed by atoms with Gasteiger partial charge >= 0.3 is 5.97 Å². The number of fused-ring (bicyclic) bond motifs is 1. The van der Waals surface area contributed by atoms with Crippen molar-refractivity contribution in [2.24, 2.45) is 0 Å². The summed E-state index contributed by atoms with van der Waals surface area (Å²) in [5.41, 5.74) is 0. The largest absolute Gasteiger partial charge is 0.447 e. The molecule has 1 aromatic carbocycles. The molecule has 0 N–H and O–H groups in total. The Kier molecular flexibility index (Phi) is 3.98. The Labute approximate surface area is 113 Å². The van der Waals surface area contributed by atoms with Gasteiger partial charge in [0.05, 0.1) is 5.02 Å². The molecule has 0 spiro atoms. The maximum absolute atomic E-state index is 11.2. The standard InChI is InChI=1S/C13H8ClNO2S/c14-13-9-3-1-2-4-10(9)18-11(13)5-6-12(16)17-8-7-15/h1-6H,8H2/b6-5+. The molecule has 0 amide bonds. The molecule has 0 fully saturated rings. The van der Waals surface area contributed by atoms with Crippen LogP contribution in [-0.4, -0.2) is 12.6 Å². The number of carbonyl (C=O) groups is 1. The summed E-state index contributed by atoms with van der Waals surface area (Å²) >= 11 is 7.70. The average Bonchev–Trinajstić information content (AvgIpc) is 2.71. The summed E-state index contributed by atoms with van der Waals surface area (Å²) in [6.07, 6.45) is 2.88. The summed E-state index contributed by atoms with van der Waals surface area (Å²) < 4.78 is 5.66. The normalized spacial score (nSPS) is 10.7. The van der Waals surface area contributed by atoms with Crippen LogP contribution in [0.5, 0.6) is 0 Å². The van der Waals surface area contributed by atoms with Crippen molar-refractivity contribution in [2.45, 2.75) is 0 Å². The van der Waals surface area contributed by atoms with Gasteiger partial charge in [0.2, 0.25) is 0 Å². The van der Waals surface area contributed by atoms with Crippen LogP contribution >= 0.6 is 22.9 Å². The minimum atomic E-state index is -0.551. The third-order valence-electron chi connectivity index (χ3n) is 2.21. The molecule has 0 unspecified atom stereocenters. The number of nitriles is 1. The quantitative estimate of drug-likeness (QED) is 0.636. The summed E-state index contributed by atoms with van der Waals surface area (Å²) in [5, 5.41) is 9.86. The number of hydrogen-bond acceptors (Lipinski definition) is 4. The van der Waals surface area contributed by atoms with E-state index in [4.69, 9.17) is 16.9 Å². The molecule has 0 radical (unpaired) electrons. The first kappa shape index (κ1) is 12.6. The van der Waals surface area contributed by atoms with E-state index in [9.17, 15) is 4.79 Å². The Hall–Kier alpha value is -1.83. The lowest BCUT2D eigenvalue weighted by Gasteiger charge is -1.92. The van der Waals surface area contributed by atoms with Gasteiger partial charge in [-0.05, 0) is 12.1 Å². The second-order valence-corrected chi connectivity index (χ2v) is 4.84. The predicted molar refractivity (Wildman–Crippen MR) is 72.4 cm³/mol. The fourth-order valence-corrected chi connectivity index (χ4v) is 2.83. The van der Waals surface area contributed by atoms with Crippen molar-refractivity contribution in [2.75, 3.05) is 6.61 Å². The van der Waals surface area contributed by atoms with E-state index in [1.54, 1.807) is 12.1 Å². The molecule has 1 aromatic heterocycles. The number of benzene rings is 1. The molecule has 0 saturated heterocycles. The highest BCUT2D eigenvalue weighted by Gasteiger charge is 2.07. The summed E-state index contributed by atoms with van der Waals surface area (Å²) in [7, 11) is 0. The molecule has 3 nitrogen and oxygen atoms in total. The van der Waals surface area contributed by atoms with Crippen molar-refractivity contribution in [3.63, 3.8) is 0 Å². The number of thiophene rings is 1. The number of nitrogens with zero attached hydrogens (tertiary/aromatic N) is 1. The van der Waals surface area contributed by atoms with E-state index in [0.29, 0.717) is 5.02 Å². The number of ether oxygens (including phenoxy) is 1. The molecule has 90 valence electrons. The van der Waals surface area contributed by atoms with Crippen LogP contribution in [0.25, 0.3) is 16.2 Å². The van der Waals surface area contributed by atoms with Crippen LogP contribution in [0, 0.1) is 11.3 Å². The van der Waals surface area contributed by atoms with Crippen LogP contribution in [0.3, 0.4) is 0 Å². The van der Waals surface area contributed by atoms with Gasteiger partial charge in [0, 0.05) is 21.0 Å². The molecule has 5 heteroatoms. The van der Waals surface area contributed by atoms with E-state index in [0.717, 1.165) is 15.0 Å². The van der Waals surface area contributed by atoms with Crippen LogP contribution < -0.4 is 0 Å². The highest BCUT2D eigenvalue weighted by Crippen LogP contribution is 2.35. The van der Waals surface area contributed by atoms with Gasteiger partial charge in [0.25, 0.3) is 0 Å². The van der Waals surface area contributed by atoms with Crippen LogP contribution in [0.1, 0.15) is 4.88 Å². The second-order valence-electron chi connectivity index (χ2n) is 3.38. The van der Waals surface area contributed by atoms with Crippen LogP contribution in [0.2, 0.25) is 5.02 Å². The first-order valence-electron chi connectivity index (χ1n) is 5.11. The molecule has 1 heterocycles. The number of rotatable bonds is 3. The van der Waals surface area contributed by atoms with E-state index >= 15 is 0 Å². The maximum atomic E-state index is 11.2. The molecule has 0 aliphatic heterocycles. The minimum Gasteiger partial charge on any atom is -0.447 e. The number of esters is 1. The molecule has 0 aliphatic rings. The predicted octanol–water partition coefficient (Wildman–Crippen LogP) is 3.63. The van der Waals surface area contributed by atoms with Crippen molar-refractivity contribution >= 4 is 45.1 Å². The Morgan fingerprint density at radius 2 is 2.28 bits per heavy atom. The van der Waals surface area contributed by atoms with Gasteiger partial charge in [0.15, 0.2) is 6.61 Å². The molecule has 0 atom stereocenters. The smallest absolute Gasteiger partial charge is 0.331 e. The van der Waals surface area contributed by atoms with Gasteiger partial charge in [-0.3, -0.25) is 0 Å². The Morgan fingerprint density at radius 1 is 1.50 bits per heavy atom.